The summed E-state index contributed by atoms with van der Waals surface area (Å²) in [5, 5.41) is 14.0. The highest BCUT2D eigenvalue weighted by atomic mass is 32.2. The second kappa shape index (κ2) is 11.5. The fourth-order valence-corrected chi connectivity index (χ4v) is 5.10. The molecule has 184 valence electrons. The number of benzene rings is 1. The summed E-state index contributed by atoms with van der Waals surface area (Å²) in [5.41, 5.74) is 0.518. The van der Waals surface area contributed by atoms with Gasteiger partial charge in [0, 0.05) is 12.3 Å². The van der Waals surface area contributed by atoms with Gasteiger partial charge in [0.1, 0.15) is 0 Å². The Labute approximate surface area is 210 Å². The van der Waals surface area contributed by atoms with E-state index in [1.807, 2.05) is 22.1 Å². The van der Waals surface area contributed by atoms with Crippen molar-refractivity contribution in [2.24, 2.45) is 0 Å². The Morgan fingerprint density at radius 3 is 2.51 bits per heavy atom. The summed E-state index contributed by atoms with van der Waals surface area (Å²) in [6.07, 6.45) is 2.06. The number of nitrogens with zero attached hydrogens (tertiary/aromatic N) is 3. The van der Waals surface area contributed by atoms with Crippen molar-refractivity contribution in [2.45, 2.75) is 30.6 Å². The lowest BCUT2D eigenvalue weighted by Crippen LogP contribution is -2.18. The highest BCUT2D eigenvalue weighted by molar-refractivity contribution is 7.99. The van der Waals surface area contributed by atoms with Gasteiger partial charge < -0.3 is 19.5 Å². The van der Waals surface area contributed by atoms with Gasteiger partial charge in [-0.15, -0.1) is 21.5 Å². The molecule has 0 saturated carbocycles. The number of thioether (sulfide) groups is 1. The van der Waals surface area contributed by atoms with Gasteiger partial charge in [-0.2, -0.15) is 0 Å². The van der Waals surface area contributed by atoms with Gasteiger partial charge in [-0.05, 0) is 42.5 Å². The third kappa shape index (κ3) is 6.08. The summed E-state index contributed by atoms with van der Waals surface area (Å²) in [7, 11) is 2.47. The Balaban J connectivity index is 1.49. The molecule has 1 unspecified atom stereocenters. The Morgan fingerprint density at radius 2 is 1.91 bits per heavy atom. The predicted octanol–water partition coefficient (Wildman–Crippen LogP) is 3.49. The van der Waals surface area contributed by atoms with E-state index in [1.54, 1.807) is 11.3 Å². The lowest BCUT2D eigenvalue weighted by Gasteiger charge is -2.14. The van der Waals surface area contributed by atoms with Crippen LogP contribution in [0.4, 0.5) is 5.69 Å². The van der Waals surface area contributed by atoms with E-state index in [4.69, 9.17) is 14.2 Å². The largest absolute Gasteiger partial charge is 0.465 e. The maximum Gasteiger partial charge on any atom is 0.337 e. The first-order chi connectivity index (χ1) is 17.0. The van der Waals surface area contributed by atoms with Crippen molar-refractivity contribution in [1.82, 2.24) is 14.8 Å². The van der Waals surface area contributed by atoms with Crippen LogP contribution >= 0.6 is 23.1 Å². The molecule has 3 heterocycles. The first-order valence-corrected chi connectivity index (χ1v) is 12.7. The summed E-state index contributed by atoms with van der Waals surface area (Å²) < 4.78 is 17.3. The van der Waals surface area contributed by atoms with Crippen molar-refractivity contribution < 1.29 is 28.6 Å². The number of carbonyl (C=O) groups is 3. The predicted molar refractivity (Wildman–Crippen MR) is 131 cm³/mol. The summed E-state index contributed by atoms with van der Waals surface area (Å²) >= 11 is 2.82. The minimum atomic E-state index is -0.635. The lowest BCUT2D eigenvalue weighted by molar-refractivity contribution is -0.113. The van der Waals surface area contributed by atoms with Gasteiger partial charge in [0.15, 0.2) is 11.0 Å². The van der Waals surface area contributed by atoms with E-state index >= 15 is 0 Å². The molecule has 0 spiro atoms. The fraction of sp³-hybridized carbons (Fsp3) is 0.348. The van der Waals surface area contributed by atoms with Crippen LogP contribution in [0.5, 0.6) is 0 Å². The summed E-state index contributed by atoms with van der Waals surface area (Å²) in [5.74, 6) is -0.818. The molecule has 3 aromatic rings. The molecule has 1 aliphatic rings. The lowest BCUT2D eigenvalue weighted by atomic mass is 10.1. The molecule has 10 nitrogen and oxygen atoms in total. The number of thiophene rings is 1. The number of hydrogen-bond acceptors (Lipinski definition) is 10. The van der Waals surface area contributed by atoms with E-state index in [0.717, 1.165) is 30.2 Å². The zero-order chi connectivity index (χ0) is 24.8. The molecule has 1 fully saturated rings. The Hall–Kier alpha value is -3.22. The van der Waals surface area contributed by atoms with Gasteiger partial charge in [0.2, 0.25) is 5.91 Å². The number of rotatable bonds is 9. The maximum atomic E-state index is 12.7. The van der Waals surface area contributed by atoms with Crippen LogP contribution < -0.4 is 5.32 Å². The molecular weight excluding hydrogens is 492 g/mol. The van der Waals surface area contributed by atoms with Crippen molar-refractivity contribution in [1.29, 1.82) is 0 Å². The van der Waals surface area contributed by atoms with Crippen LogP contribution in [0, 0.1) is 0 Å². The van der Waals surface area contributed by atoms with Crippen LogP contribution in [0.25, 0.3) is 10.7 Å². The van der Waals surface area contributed by atoms with Crippen LogP contribution in [0.2, 0.25) is 0 Å². The van der Waals surface area contributed by atoms with E-state index in [-0.39, 0.29) is 34.6 Å². The molecule has 0 aliphatic carbocycles. The number of carbonyl (C=O) groups excluding carboxylic acids is 3. The molecule has 1 atom stereocenters. The van der Waals surface area contributed by atoms with E-state index in [0.29, 0.717) is 11.7 Å². The van der Waals surface area contributed by atoms with Crippen LogP contribution in [0.15, 0.2) is 40.9 Å². The molecule has 1 saturated heterocycles. The number of methoxy groups -OCH3 is 2. The molecule has 2 aromatic heterocycles. The number of esters is 2. The van der Waals surface area contributed by atoms with Crippen molar-refractivity contribution in [3.05, 3.63) is 46.8 Å². The fourth-order valence-electron chi connectivity index (χ4n) is 3.64. The first-order valence-electron chi connectivity index (χ1n) is 10.8. The minimum absolute atomic E-state index is 0.0457. The van der Waals surface area contributed by atoms with Crippen molar-refractivity contribution >= 4 is 46.6 Å². The summed E-state index contributed by atoms with van der Waals surface area (Å²) in [6, 6.07) is 8.17. The van der Waals surface area contributed by atoms with Gasteiger partial charge in [-0.25, -0.2) is 9.59 Å². The summed E-state index contributed by atoms with van der Waals surface area (Å²) in [4.78, 5) is 37.7. The first kappa shape index (κ1) is 24.9. The number of anilines is 1. The second-order valence-electron chi connectivity index (χ2n) is 7.65. The second-order valence-corrected chi connectivity index (χ2v) is 9.54. The Morgan fingerprint density at radius 1 is 1.17 bits per heavy atom. The van der Waals surface area contributed by atoms with Gasteiger partial charge in [-0.1, -0.05) is 17.8 Å². The standard InChI is InChI=1S/C23H24N4O6S2/c1-31-21(29)14-9-15(22(30)32-2)11-16(10-14)24-19(28)13-35-23-26-25-20(18-6-4-8-34-18)27(23)12-17-5-3-7-33-17/h4,6,8-11,17H,3,5,7,12-13H2,1-2H3,(H,24,28). The van der Waals surface area contributed by atoms with Crippen LogP contribution in [0.1, 0.15) is 33.6 Å². The monoisotopic (exact) mass is 516 g/mol. The Kier molecular flexibility index (Phi) is 8.16. The van der Waals surface area contributed by atoms with Crippen molar-refractivity contribution in [3.63, 3.8) is 0 Å². The van der Waals surface area contributed by atoms with E-state index < -0.39 is 11.9 Å². The molecule has 1 aromatic carbocycles. The molecule has 0 radical (unpaired) electrons. The van der Waals surface area contributed by atoms with Gasteiger partial charge in [0.25, 0.3) is 0 Å². The number of nitrogens with one attached hydrogen (secondary N) is 1. The molecule has 1 amide bonds. The topological polar surface area (TPSA) is 122 Å². The maximum absolute atomic E-state index is 12.7. The normalized spacial score (nSPS) is 15.1. The SMILES string of the molecule is COC(=O)c1cc(NC(=O)CSc2nnc(-c3cccs3)n2CC2CCCO2)cc(C(=O)OC)c1. The molecule has 0 bridgehead atoms. The molecule has 1 N–H and O–H groups in total. The quantitative estimate of drug-likeness (QED) is 0.336. The third-order valence-corrected chi connectivity index (χ3v) is 7.09. The highest BCUT2D eigenvalue weighted by Gasteiger charge is 2.23. The molecule has 12 heteroatoms. The number of ether oxygens (including phenoxy) is 3. The Bertz CT molecular complexity index is 1170. The number of amides is 1. The molecular formula is C23H24N4O6S2. The van der Waals surface area contributed by atoms with Gasteiger partial charge in [-0.3, -0.25) is 9.36 Å². The van der Waals surface area contributed by atoms with Crippen LogP contribution in [-0.2, 0) is 25.5 Å². The smallest absolute Gasteiger partial charge is 0.337 e. The highest BCUT2D eigenvalue weighted by Crippen LogP contribution is 2.29. The summed E-state index contributed by atoms with van der Waals surface area (Å²) in [6.45, 7) is 1.35. The van der Waals surface area contributed by atoms with Crippen LogP contribution in [0.3, 0.4) is 0 Å². The van der Waals surface area contributed by atoms with E-state index in [2.05, 4.69) is 15.5 Å². The average Bonchev–Trinajstić information content (AvgIpc) is 3.64. The van der Waals surface area contributed by atoms with Crippen molar-refractivity contribution in [3.8, 4) is 10.7 Å². The van der Waals surface area contributed by atoms with E-state index in [9.17, 15) is 14.4 Å². The zero-order valence-electron chi connectivity index (χ0n) is 19.2. The van der Waals surface area contributed by atoms with Gasteiger partial charge in [0.05, 0.1) is 48.6 Å². The molecule has 1 aliphatic heterocycles. The van der Waals surface area contributed by atoms with E-state index in [1.165, 1.54) is 44.2 Å². The van der Waals surface area contributed by atoms with Crippen LogP contribution in [-0.4, -0.2) is 65.3 Å². The molecule has 35 heavy (non-hydrogen) atoms. The molecule has 4 rings (SSSR count). The third-order valence-electron chi connectivity index (χ3n) is 5.26. The van der Waals surface area contributed by atoms with Crippen molar-refractivity contribution in [2.75, 3.05) is 31.9 Å². The zero-order valence-corrected chi connectivity index (χ0v) is 20.8. The average molecular weight is 517 g/mol. The number of hydrogen-bond donors (Lipinski definition) is 1. The van der Waals surface area contributed by atoms with Gasteiger partial charge >= 0.3 is 11.9 Å². The number of aromatic nitrogens is 3. The minimum Gasteiger partial charge on any atom is -0.465 e.